The monoisotopic (exact) mass is 559 g/mol. The molecule has 0 radical (unpaired) electrons. The molecule has 0 spiro atoms. The first kappa shape index (κ1) is 26.6. The predicted octanol–water partition coefficient (Wildman–Crippen LogP) is 5.03. The Labute approximate surface area is 239 Å². The summed E-state index contributed by atoms with van der Waals surface area (Å²) in [5.41, 5.74) is 5.28. The van der Waals surface area contributed by atoms with Gasteiger partial charge in [-0.2, -0.15) is 10.1 Å². The molecule has 0 atom stereocenters. The molecular weight excluding hydrogens is 534 g/mol. The molecule has 42 heavy (non-hydrogen) atoms. The van der Waals surface area contributed by atoms with Crippen molar-refractivity contribution in [1.29, 1.82) is 0 Å². The molecule has 0 fully saturated rings. The van der Waals surface area contributed by atoms with Crippen molar-refractivity contribution in [1.82, 2.24) is 24.2 Å². The maximum Gasteiger partial charge on any atom is 0.387 e. The first-order chi connectivity index (χ1) is 20.3. The van der Waals surface area contributed by atoms with E-state index < -0.39 is 17.6 Å². The number of carbonyl (C=O) groups is 2. The van der Waals surface area contributed by atoms with Gasteiger partial charge in [-0.1, -0.05) is 53.6 Å². The lowest BCUT2D eigenvalue weighted by atomic mass is 9.99. The van der Waals surface area contributed by atoms with E-state index in [0.717, 1.165) is 22.2 Å². The van der Waals surface area contributed by atoms with Gasteiger partial charge in [-0.25, -0.2) is 23.8 Å². The smallest absolute Gasteiger partial charge is 0.307 e. The summed E-state index contributed by atoms with van der Waals surface area (Å²) in [6.45, 7) is 2.53. The number of urea groups is 1. The molecule has 12 heteroatoms. The van der Waals surface area contributed by atoms with Crippen LogP contribution in [0, 0.1) is 6.92 Å². The first-order valence-corrected chi connectivity index (χ1v) is 13.0. The Hall–Kier alpha value is -5.62. The number of anilines is 1. The minimum atomic E-state index is -0.683. The van der Waals surface area contributed by atoms with Crippen molar-refractivity contribution in [3.8, 4) is 16.8 Å². The zero-order valence-electron chi connectivity index (χ0n) is 23.0. The number of amides is 3. The SMILES string of the molecule is Cc1nn(-c2cccc(C3=NC(=O)N=N3)c2)c2c(=O)n(C(=O)Nc3ccc(-c4ccccc4CN(C)C)cc3)cnc12. The lowest BCUT2D eigenvalue weighted by Gasteiger charge is -2.15. The molecule has 2 aromatic heterocycles. The molecule has 5 aromatic rings. The van der Waals surface area contributed by atoms with Crippen LogP contribution >= 0.6 is 0 Å². The maximum absolute atomic E-state index is 13.6. The molecule has 12 nitrogen and oxygen atoms in total. The van der Waals surface area contributed by atoms with Gasteiger partial charge in [0.1, 0.15) is 11.8 Å². The molecular formula is C30H25N9O3. The predicted molar refractivity (Wildman–Crippen MR) is 158 cm³/mol. The van der Waals surface area contributed by atoms with Gasteiger partial charge >= 0.3 is 12.1 Å². The van der Waals surface area contributed by atoms with Gasteiger partial charge in [-0.15, -0.1) is 5.11 Å². The van der Waals surface area contributed by atoms with Crippen LogP contribution in [0.15, 0.2) is 99.1 Å². The third kappa shape index (κ3) is 5.02. The molecule has 3 heterocycles. The number of nitrogens with one attached hydrogen (secondary N) is 1. The highest BCUT2D eigenvalue weighted by atomic mass is 16.2. The second kappa shape index (κ2) is 10.7. The van der Waals surface area contributed by atoms with Crippen LogP contribution in [0.5, 0.6) is 0 Å². The normalized spacial score (nSPS) is 12.8. The van der Waals surface area contributed by atoms with Gasteiger partial charge < -0.3 is 10.2 Å². The van der Waals surface area contributed by atoms with Crippen molar-refractivity contribution in [3.05, 3.63) is 106 Å². The van der Waals surface area contributed by atoms with Crippen LogP contribution < -0.4 is 10.9 Å². The third-order valence-corrected chi connectivity index (χ3v) is 6.70. The van der Waals surface area contributed by atoms with E-state index >= 15 is 0 Å². The second-order valence-corrected chi connectivity index (χ2v) is 9.98. The van der Waals surface area contributed by atoms with Crippen LogP contribution in [0.1, 0.15) is 16.8 Å². The van der Waals surface area contributed by atoms with Crippen LogP contribution in [0.25, 0.3) is 27.8 Å². The van der Waals surface area contributed by atoms with Gasteiger partial charge in [0, 0.05) is 17.8 Å². The summed E-state index contributed by atoms with van der Waals surface area (Å²) in [6, 6.07) is 21.1. The van der Waals surface area contributed by atoms with E-state index in [9.17, 15) is 14.4 Å². The molecule has 3 aromatic carbocycles. The molecule has 6 rings (SSSR count). The number of rotatable bonds is 6. The Morgan fingerprint density at radius 3 is 2.45 bits per heavy atom. The van der Waals surface area contributed by atoms with Crippen LogP contribution in [0.3, 0.4) is 0 Å². The van der Waals surface area contributed by atoms with Gasteiger partial charge in [0.2, 0.25) is 0 Å². The summed E-state index contributed by atoms with van der Waals surface area (Å²) in [4.78, 5) is 48.5. The third-order valence-electron chi connectivity index (χ3n) is 6.70. The van der Waals surface area contributed by atoms with Crippen LogP contribution in [0.2, 0.25) is 0 Å². The zero-order chi connectivity index (χ0) is 29.4. The van der Waals surface area contributed by atoms with Crippen LogP contribution in [-0.4, -0.2) is 56.2 Å². The van der Waals surface area contributed by atoms with E-state index in [2.05, 4.69) is 47.7 Å². The number of amidine groups is 1. The number of azo groups is 1. The number of aliphatic imine (C=N–C) groups is 1. The lowest BCUT2D eigenvalue weighted by Crippen LogP contribution is -2.32. The molecule has 0 aliphatic carbocycles. The van der Waals surface area contributed by atoms with Crippen molar-refractivity contribution >= 4 is 34.6 Å². The van der Waals surface area contributed by atoms with Gasteiger partial charge in [0.25, 0.3) is 5.56 Å². The quantitative estimate of drug-likeness (QED) is 0.309. The van der Waals surface area contributed by atoms with Gasteiger partial charge in [0.05, 0.1) is 11.4 Å². The Kier molecular flexibility index (Phi) is 6.80. The van der Waals surface area contributed by atoms with Crippen molar-refractivity contribution in [2.45, 2.75) is 13.5 Å². The molecule has 0 saturated carbocycles. The topological polar surface area (TPSA) is 139 Å². The average Bonchev–Trinajstić information content (AvgIpc) is 3.57. The van der Waals surface area contributed by atoms with Gasteiger partial charge in [0.15, 0.2) is 11.4 Å². The molecule has 0 saturated heterocycles. The lowest BCUT2D eigenvalue weighted by molar-refractivity contribution is 0.252. The van der Waals surface area contributed by atoms with E-state index in [1.54, 1.807) is 43.3 Å². The van der Waals surface area contributed by atoms with E-state index in [1.165, 1.54) is 16.6 Å². The Bertz CT molecular complexity index is 1990. The summed E-state index contributed by atoms with van der Waals surface area (Å²) in [7, 11) is 4.05. The highest BCUT2D eigenvalue weighted by molar-refractivity contribution is 6.08. The number of aryl methyl sites for hydroxylation is 1. The summed E-state index contributed by atoms with van der Waals surface area (Å²) >= 11 is 0. The maximum atomic E-state index is 13.6. The Morgan fingerprint density at radius 1 is 0.929 bits per heavy atom. The summed E-state index contributed by atoms with van der Waals surface area (Å²) in [6.07, 6.45) is 1.20. The number of carbonyl (C=O) groups excluding carboxylic acids is 2. The number of hydrogen-bond donors (Lipinski definition) is 1. The number of hydrogen-bond acceptors (Lipinski definition) is 7. The highest BCUT2D eigenvalue weighted by Gasteiger charge is 2.20. The fourth-order valence-electron chi connectivity index (χ4n) is 4.80. The minimum Gasteiger partial charge on any atom is -0.307 e. The number of aromatic nitrogens is 4. The molecule has 1 N–H and O–H groups in total. The fourth-order valence-corrected chi connectivity index (χ4v) is 4.80. The molecule has 1 aliphatic heterocycles. The molecule has 1 aliphatic rings. The Balaban J connectivity index is 1.30. The van der Waals surface area contributed by atoms with E-state index in [1.807, 2.05) is 38.4 Å². The zero-order valence-corrected chi connectivity index (χ0v) is 23.0. The Morgan fingerprint density at radius 2 is 1.71 bits per heavy atom. The largest absolute Gasteiger partial charge is 0.387 e. The van der Waals surface area contributed by atoms with Crippen molar-refractivity contribution < 1.29 is 9.59 Å². The van der Waals surface area contributed by atoms with E-state index in [-0.39, 0.29) is 11.4 Å². The van der Waals surface area contributed by atoms with Crippen LogP contribution in [-0.2, 0) is 6.54 Å². The number of fused-ring (bicyclic) bond motifs is 1. The summed E-state index contributed by atoms with van der Waals surface area (Å²) in [5.74, 6) is 0.164. The van der Waals surface area contributed by atoms with Gasteiger partial charge in [-0.05, 0) is 62.0 Å². The fraction of sp³-hybridized carbons (Fsp3) is 0.133. The van der Waals surface area contributed by atoms with E-state index in [4.69, 9.17) is 0 Å². The van der Waals surface area contributed by atoms with Crippen LogP contribution in [0.4, 0.5) is 15.3 Å². The highest BCUT2D eigenvalue weighted by Crippen LogP contribution is 2.26. The summed E-state index contributed by atoms with van der Waals surface area (Å²) in [5, 5.41) is 14.5. The average molecular weight is 560 g/mol. The summed E-state index contributed by atoms with van der Waals surface area (Å²) < 4.78 is 2.33. The van der Waals surface area contributed by atoms with E-state index in [0.29, 0.717) is 28.1 Å². The van der Waals surface area contributed by atoms with Crippen molar-refractivity contribution in [3.63, 3.8) is 0 Å². The molecule has 0 bridgehead atoms. The minimum absolute atomic E-state index is 0.126. The molecule has 208 valence electrons. The standard InChI is InChI=1S/C30H25N9O3/c1-18-25-26(39(36-18)23-9-6-8-20(15-23)27-33-29(41)35-34-27)28(40)38(17-31-25)30(42)32-22-13-11-19(12-14-22)24-10-5-4-7-21(24)16-37(2)3/h4-15,17H,16H2,1-3H3,(H,32,42). The van der Waals surface area contributed by atoms with Crippen molar-refractivity contribution in [2.24, 2.45) is 15.2 Å². The first-order valence-electron chi connectivity index (χ1n) is 13.0. The molecule has 3 amide bonds. The van der Waals surface area contributed by atoms with Gasteiger partial charge in [-0.3, -0.25) is 4.79 Å². The van der Waals surface area contributed by atoms with Crippen molar-refractivity contribution in [2.75, 3.05) is 19.4 Å². The number of benzene rings is 3. The molecule has 0 unspecified atom stereocenters. The second-order valence-electron chi connectivity index (χ2n) is 9.98. The number of nitrogens with zero attached hydrogens (tertiary/aromatic N) is 8.